The van der Waals surface area contributed by atoms with E-state index in [0.29, 0.717) is 12.3 Å². The topological polar surface area (TPSA) is 96.0 Å². The Morgan fingerprint density at radius 1 is 0.950 bits per heavy atom. The van der Waals surface area contributed by atoms with Crippen LogP contribution in [0.15, 0.2) is 82.2 Å². The molecule has 0 aromatic heterocycles. The third-order valence-electron chi connectivity index (χ3n) is 6.36. The molecule has 2 amide bonds. The van der Waals surface area contributed by atoms with Crippen molar-refractivity contribution in [2.45, 2.75) is 45.2 Å². The average molecular weight is 631 g/mol. The van der Waals surface area contributed by atoms with Crippen LogP contribution in [-0.4, -0.2) is 51.4 Å². The van der Waals surface area contributed by atoms with Gasteiger partial charge in [-0.3, -0.25) is 13.9 Å². The number of para-hydroxylation sites is 2. The first-order chi connectivity index (χ1) is 18.9. The normalized spacial score (nSPS) is 12.1. The standard InChI is InChI=1S/C30H36BrN3O5S/c1-21(2)18-32-30(36)23(4)33(19-24-12-14-25(31)15-13-24)29(35)20-34(27-8-6-7-9-28(27)39-5)40(37,38)26-16-10-22(3)11-17-26/h6-17,21,23H,18-20H2,1-5H3,(H,32,36). The van der Waals surface area contributed by atoms with Gasteiger partial charge in [0.2, 0.25) is 11.8 Å². The van der Waals surface area contributed by atoms with Crippen molar-refractivity contribution in [2.75, 3.05) is 24.5 Å². The Kier molecular flexibility index (Phi) is 10.8. The van der Waals surface area contributed by atoms with E-state index in [1.165, 1.54) is 24.1 Å². The van der Waals surface area contributed by atoms with Crippen LogP contribution in [-0.2, 0) is 26.2 Å². The molecule has 0 fully saturated rings. The maximum absolute atomic E-state index is 14.0. The number of nitrogens with zero attached hydrogens (tertiary/aromatic N) is 2. The van der Waals surface area contributed by atoms with E-state index < -0.39 is 28.5 Å². The summed E-state index contributed by atoms with van der Waals surface area (Å²) in [5, 5.41) is 2.88. The van der Waals surface area contributed by atoms with Crippen LogP contribution in [0.1, 0.15) is 31.9 Å². The zero-order valence-electron chi connectivity index (χ0n) is 23.4. The van der Waals surface area contributed by atoms with Crippen molar-refractivity contribution < 1.29 is 22.7 Å². The molecule has 0 aliphatic rings. The molecule has 0 spiro atoms. The van der Waals surface area contributed by atoms with Crippen molar-refractivity contribution in [3.63, 3.8) is 0 Å². The van der Waals surface area contributed by atoms with E-state index in [0.717, 1.165) is 19.9 Å². The van der Waals surface area contributed by atoms with Crippen molar-refractivity contribution in [3.8, 4) is 5.75 Å². The highest BCUT2D eigenvalue weighted by atomic mass is 79.9. The summed E-state index contributed by atoms with van der Waals surface area (Å²) in [6.07, 6.45) is 0. The minimum absolute atomic E-state index is 0.0407. The van der Waals surface area contributed by atoms with Crippen LogP contribution in [0, 0.1) is 12.8 Å². The lowest BCUT2D eigenvalue weighted by molar-refractivity contribution is -0.139. The van der Waals surface area contributed by atoms with E-state index in [1.54, 1.807) is 43.3 Å². The molecule has 40 heavy (non-hydrogen) atoms. The van der Waals surface area contributed by atoms with Crippen LogP contribution in [0.2, 0.25) is 0 Å². The van der Waals surface area contributed by atoms with E-state index in [1.807, 2.05) is 45.0 Å². The highest BCUT2D eigenvalue weighted by Crippen LogP contribution is 2.32. The van der Waals surface area contributed by atoms with E-state index in [-0.39, 0.29) is 29.0 Å². The second-order valence-corrected chi connectivity index (χ2v) is 12.7. The number of rotatable bonds is 12. The molecule has 3 rings (SSSR count). The smallest absolute Gasteiger partial charge is 0.264 e. The Bertz CT molecular complexity index is 1410. The number of halogens is 1. The number of benzene rings is 3. The van der Waals surface area contributed by atoms with Gasteiger partial charge in [-0.1, -0.05) is 71.7 Å². The monoisotopic (exact) mass is 629 g/mol. The predicted octanol–water partition coefficient (Wildman–Crippen LogP) is 5.15. The second-order valence-electron chi connectivity index (χ2n) is 9.96. The van der Waals surface area contributed by atoms with Gasteiger partial charge in [-0.15, -0.1) is 0 Å². The van der Waals surface area contributed by atoms with Gasteiger partial charge in [0.25, 0.3) is 10.0 Å². The summed E-state index contributed by atoms with van der Waals surface area (Å²) in [6.45, 7) is 7.52. The maximum Gasteiger partial charge on any atom is 0.264 e. The van der Waals surface area contributed by atoms with Crippen molar-refractivity contribution in [3.05, 3.63) is 88.4 Å². The van der Waals surface area contributed by atoms with Crippen LogP contribution in [0.25, 0.3) is 0 Å². The highest BCUT2D eigenvalue weighted by molar-refractivity contribution is 9.10. The number of anilines is 1. The highest BCUT2D eigenvalue weighted by Gasteiger charge is 2.33. The molecule has 3 aromatic carbocycles. The van der Waals surface area contributed by atoms with Crippen molar-refractivity contribution >= 4 is 43.5 Å². The number of hydrogen-bond acceptors (Lipinski definition) is 5. The molecule has 0 aliphatic carbocycles. The quantitative estimate of drug-likeness (QED) is 0.299. The van der Waals surface area contributed by atoms with Gasteiger partial charge in [0, 0.05) is 17.6 Å². The number of carbonyl (C=O) groups is 2. The molecule has 214 valence electrons. The third kappa shape index (κ3) is 7.85. The van der Waals surface area contributed by atoms with Gasteiger partial charge >= 0.3 is 0 Å². The van der Waals surface area contributed by atoms with Gasteiger partial charge < -0.3 is 15.0 Å². The predicted molar refractivity (Wildman–Crippen MR) is 161 cm³/mol. The summed E-state index contributed by atoms with van der Waals surface area (Å²) in [5.74, 6) is -0.318. The summed E-state index contributed by atoms with van der Waals surface area (Å²) < 4.78 is 35.3. The molecule has 0 saturated carbocycles. The Balaban J connectivity index is 2.04. The third-order valence-corrected chi connectivity index (χ3v) is 8.66. The molecule has 0 bridgehead atoms. The van der Waals surface area contributed by atoms with Crippen LogP contribution < -0.4 is 14.4 Å². The van der Waals surface area contributed by atoms with Crippen LogP contribution in [0.5, 0.6) is 5.75 Å². The lowest BCUT2D eigenvalue weighted by Gasteiger charge is -2.32. The van der Waals surface area contributed by atoms with Gasteiger partial charge in [-0.05, 0) is 61.7 Å². The molecule has 0 heterocycles. The van der Waals surface area contributed by atoms with E-state index >= 15 is 0 Å². The number of aryl methyl sites for hydroxylation is 1. The Morgan fingerprint density at radius 2 is 1.57 bits per heavy atom. The fourth-order valence-corrected chi connectivity index (χ4v) is 5.70. The Morgan fingerprint density at radius 3 is 2.17 bits per heavy atom. The zero-order chi connectivity index (χ0) is 29.4. The van der Waals surface area contributed by atoms with Crippen LogP contribution in [0.3, 0.4) is 0 Å². The molecule has 1 atom stereocenters. The fraction of sp³-hybridized carbons (Fsp3) is 0.333. The summed E-state index contributed by atoms with van der Waals surface area (Å²) in [6, 6.07) is 19.6. The first-order valence-corrected chi connectivity index (χ1v) is 15.2. The van der Waals surface area contributed by atoms with Crippen LogP contribution in [0.4, 0.5) is 5.69 Å². The first-order valence-electron chi connectivity index (χ1n) is 13.0. The first kappa shape index (κ1) is 31.2. The lowest BCUT2D eigenvalue weighted by Crippen LogP contribution is -2.51. The number of carbonyl (C=O) groups excluding carboxylic acids is 2. The Labute approximate surface area is 245 Å². The van der Waals surface area contributed by atoms with Crippen molar-refractivity contribution in [2.24, 2.45) is 5.92 Å². The molecular formula is C30H36BrN3O5S. The average Bonchev–Trinajstić information content (AvgIpc) is 2.93. The molecule has 10 heteroatoms. The number of amides is 2. The van der Waals surface area contributed by atoms with E-state index in [2.05, 4.69) is 21.2 Å². The molecule has 1 N–H and O–H groups in total. The molecule has 8 nitrogen and oxygen atoms in total. The largest absolute Gasteiger partial charge is 0.495 e. The Hall–Kier alpha value is -3.37. The lowest BCUT2D eigenvalue weighted by atomic mass is 10.1. The second kappa shape index (κ2) is 13.8. The molecule has 0 aliphatic heterocycles. The van der Waals surface area contributed by atoms with Gasteiger partial charge in [-0.25, -0.2) is 8.42 Å². The van der Waals surface area contributed by atoms with Crippen molar-refractivity contribution in [1.29, 1.82) is 0 Å². The molecule has 0 radical (unpaired) electrons. The van der Waals surface area contributed by atoms with Gasteiger partial charge in [-0.2, -0.15) is 0 Å². The zero-order valence-corrected chi connectivity index (χ0v) is 25.8. The summed E-state index contributed by atoms with van der Waals surface area (Å²) >= 11 is 3.42. The maximum atomic E-state index is 14.0. The SMILES string of the molecule is COc1ccccc1N(CC(=O)N(Cc1ccc(Br)cc1)C(C)C(=O)NCC(C)C)S(=O)(=O)c1ccc(C)cc1. The fourth-order valence-electron chi connectivity index (χ4n) is 4.01. The molecule has 0 saturated heterocycles. The molecule has 1 unspecified atom stereocenters. The number of sulfonamides is 1. The number of hydrogen-bond donors (Lipinski definition) is 1. The summed E-state index contributed by atoms with van der Waals surface area (Å²) in [7, 11) is -2.74. The number of methoxy groups -OCH3 is 1. The van der Waals surface area contributed by atoms with Gasteiger partial charge in [0.15, 0.2) is 0 Å². The minimum atomic E-state index is -4.18. The minimum Gasteiger partial charge on any atom is -0.495 e. The van der Waals surface area contributed by atoms with Crippen molar-refractivity contribution in [1.82, 2.24) is 10.2 Å². The number of ether oxygens (including phenoxy) is 1. The van der Waals surface area contributed by atoms with Gasteiger partial charge in [0.1, 0.15) is 18.3 Å². The summed E-state index contributed by atoms with van der Waals surface area (Å²) in [4.78, 5) is 28.5. The van der Waals surface area contributed by atoms with E-state index in [9.17, 15) is 18.0 Å². The molecular weight excluding hydrogens is 594 g/mol. The summed E-state index contributed by atoms with van der Waals surface area (Å²) in [5.41, 5.74) is 1.92. The van der Waals surface area contributed by atoms with Crippen LogP contribution >= 0.6 is 15.9 Å². The number of nitrogens with one attached hydrogen (secondary N) is 1. The molecule has 3 aromatic rings. The van der Waals surface area contributed by atoms with E-state index in [4.69, 9.17) is 4.74 Å². The van der Waals surface area contributed by atoms with Gasteiger partial charge in [0.05, 0.1) is 17.7 Å².